The number of hydrogen-bond donors (Lipinski definition) is 1. The molecule has 1 unspecified atom stereocenters. The van der Waals surface area contributed by atoms with Crippen LogP contribution in [0.15, 0.2) is 23.1 Å². The highest BCUT2D eigenvalue weighted by Gasteiger charge is 2.28. The van der Waals surface area contributed by atoms with E-state index < -0.39 is 15.8 Å². The van der Waals surface area contributed by atoms with Crippen molar-refractivity contribution < 1.29 is 17.5 Å². The topological polar surface area (TPSA) is 58.6 Å². The van der Waals surface area contributed by atoms with Gasteiger partial charge >= 0.3 is 0 Å². The van der Waals surface area contributed by atoms with Crippen LogP contribution in [-0.4, -0.2) is 46.1 Å². The molecule has 0 radical (unpaired) electrons. The third kappa shape index (κ3) is 3.79. The quantitative estimate of drug-likeness (QED) is 0.860. The fraction of sp³-hybridized carbons (Fsp3) is 0.571. The molecule has 5 nitrogen and oxygen atoms in total. The Morgan fingerprint density at radius 1 is 1.48 bits per heavy atom. The summed E-state index contributed by atoms with van der Waals surface area (Å²) in [4.78, 5) is -0.289. The van der Waals surface area contributed by atoms with Gasteiger partial charge in [-0.2, -0.15) is 4.31 Å². The molecule has 21 heavy (non-hydrogen) atoms. The van der Waals surface area contributed by atoms with Crippen molar-refractivity contribution >= 4 is 10.0 Å². The minimum absolute atomic E-state index is 0.101. The van der Waals surface area contributed by atoms with Gasteiger partial charge < -0.3 is 10.1 Å². The Morgan fingerprint density at radius 2 is 2.24 bits per heavy atom. The summed E-state index contributed by atoms with van der Waals surface area (Å²) in [5, 5.41) is 2.90. The second-order valence-corrected chi connectivity index (χ2v) is 7.23. The number of ether oxygens (including phenoxy) is 1. The third-order valence-corrected chi connectivity index (χ3v) is 5.41. The van der Waals surface area contributed by atoms with Gasteiger partial charge in [0.2, 0.25) is 10.0 Å². The zero-order valence-corrected chi connectivity index (χ0v) is 13.1. The molecule has 2 rings (SSSR count). The maximum atomic E-state index is 14.1. The van der Waals surface area contributed by atoms with Crippen molar-refractivity contribution in [2.45, 2.75) is 30.4 Å². The normalized spacial score (nSPS) is 19.3. The number of rotatable bonds is 6. The lowest BCUT2D eigenvalue weighted by Gasteiger charge is -2.21. The Balaban J connectivity index is 2.17. The summed E-state index contributed by atoms with van der Waals surface area (Å²) in [6.45, 7) is 1.40. The molecule has 7 heteroatoms. The molecule has 1 aromatic carbocycles. The highest BCUT2D eigenvalue weighted by Crippen LogP contribution is 2.22. The van der Waals surface area contributed by atoms with Gasteiger partial charge in [0.25, 0.3) is 0 Å². The van der Waals surface area contributed by atoms with E-state index in [1.54, 1.807) is 13.1 Å². The Bertz CT molecular complexity index is 586. The molecule has 1 heterocycles. The van der Waals surface area contributed by atoms with Crippen LogP contribution < -0.4 is 5.32 Å². The average molecular weight is 316 g/mol. The first kappa shape index (κ1) is 16.4. The lowest BCUT2D eigenvalue weighted by molar-refractivity contribution is 0.0978. The molecule has 1 saturated heterocycles. The van der Waals surface area contributed by atoms with Gasteiger partial charge in [-0.1, -0.05) is 6.07 Å². The van der Waals surface area contributed by atoms with E-state index in [0.717, 1.165) is 12.8 Å². The van der Waals surface area contributed by atoms with Crippen LogP contribution in [0.2, 0.25) is 0 Å². The standard InChI is InChI=1S/C14H21FN2O3S/c1-16-9-11-5-6-14(13(15)8-11)21(18,19)17(2)10-12-4-3-7-20-12/h5-6,8,12,16H,3-4,7,9-10H2,1-2H3. The third-order valence-electron chi connectivity index (χ3n) is 3.55. The summed E-state index contributed by atoms with van der Waals surface area (Å²) in [5.41, 5.74) is 0.704. The van der Waals surface area contributed by atoms with Crippen molar-refractivity contribution in [1.82, 2.24) is 9.62 Å². The molecule has 0 spiro atoms. The van der Waals surface area contributed by atoms with Gasteiger partial charge in [0, 0.05) is 26.7 Å². The van der Waals surface area contributed by atoms with Gasteiger partial charge in [-0.15, -0.1) is 0 Å². The van der Waals surface area contributed by atoms with Crippen LogP contribution in [0, 0.1) is 5.82 Å². The largest absolute Gasteiger partial charge is 0.377 e. The summed E-state index contributed by atoms with van der Waals surface area (Å²) >= 11 is 0. The summed E-state index contributed by atoms with van der Waals surface area (Å²) in [6.07, 6.45) is 1.67. The Morgan fingerprint density at radius 3 is 2.81 bits per heavy atom. The number of hydrogen-bond acceptors (Lipinski definition) is 4. The van der Waals surface area contributed by atoms with E-state index in [1.165, 1.54) is 23.5 Å². The highest BCUT2D eigenvalue weighted by atomic mass is 32.2. The average Bonchev–Trinajstić information content (AvgIpc) is 2.91. The van der Waals surface area contributed by atoms with Crippen LogP contribution in [0.25, 0.3) is 0 Å². The SMILES string of the molecule is CNCc1ccc(S(=O)(=O)N(C)CC2CCCO2)c(F)c1. The van der Waals surface area contributed by atoms with Gasteiger partial charge in [0.05, 0.1) is 6.10 Å². The molecule has 1 atom stereocenters. The van der Waals surface area contributed by atoms with E-state index in [9.17, 15) is 12.8 Å². The summed E-state index contributed by atoms with van der Waals surface area (Å²) in [7, 11) is -0.627. The fourth-order valence-electron chi connectivity index (χ4n) is 2.41. The Labute approximate surface area is 125 Å². The number of nitrogens with one attached hydrogen (secondary N) is 1. The van der Waals surface area contributed by atoms with E-state index >= 15 is 0 Å². The van der Waals surface area contributed by atoms with Crippen molar-refractivity contribution in [3.63, 3.8) is 0 Å². The van der Waals surface area contributed by atoms with Gasteiger partial charge in [0.1, 0.15) is 10.7 Å². The van der Waals surface area contributed by atoms with Gasteiger partial charge in [-0.3, -0.25) is 0 Å². The Hall–Kier alpha value is -1.02. The predicted octanol–water partition coefficient (Wildman–Crippen LogP) is 1.34. The van der Waals surface area contributed by atoms with Crippen LogP contribution in [0.1, 0.15) is 18.4 Å². The molecule has 0 bridgehead atoms. The van der Waals surface area contributed by atoms with Crippen molar-refractivity contribution in [2.75, 3.05) is 27.2 Å². The number of nitrogens with zero attached hydrogens (tertiary/aromatic N) is 1. The summed E-state index contributed by atoms with van der Waals surface area (Å²) in [6, 6.07) is 4.19. The van der Waals surface area contributed by atoms with E-state index in [2.05, 4.69) is 5.32 Å². The second kappa shape index (κ2) is 6.83. The number of halogens is 1. The van der Waals surface area contributed by atoms with Crippen molar-refractivity contribution in [1.29, 1.82) is 0 Å². The van der Waals surface area contributed by atoms with E-state index in [4.69, 9.17) is 4.74 Å². The first-order chi connectivity index (χ1) is 9.95. The second-order valence-electron chi connectivity index (χ2n) is 5.22. The maximum Gasteiger partial charge on any atom is 0.245 e. The number of benzene rings is 1. The molecule has 0 aromatic heterocycles. The molecule has 1 fully saturated rings. The van der Waals surface area contributed by atoms with Crippen LogP contribution in [-0.2, 0) is 21.3 Å². The number of likely N-dealkylation sites (N-methyl/N-ethyl adjacent to an activating group) is 1. The Kier molecular flexibility index (Phi) is 5.32. The molecule has 118 valence electrons. The minimum atomic E-state index is -3.83. The predicted molar refractivity (Wildman–Crippen MR) is 78.0 cm³/mol. The first-order valence-electron chi connectivity index (χ1n) is 6.96. The molecule has 0 saturated carbocycles. The smallest absolute Gasteiger partial charge is 0.245 e. The molecular formula is C14H21FN2O3S. The van der Waals surface area contributed by atoms with Gasteiger partial charge in [0.15, 0.2) is 0 Å². The van der Waals surface area contributed by atoms with Crippen LogP contribution in [0.5, 0.6) is 0 Å². The molecular weight excluding hydrogens is 295 g/mol. The lowest BCUT2D eigenvalue weighted by Crippen LogP contribution is -2.34. The first-order valence-corrected chi connectivity index (χ1v) is 8.40. The fourth-order valence-corrected chi connectivity index (χ4v) is 3.65. The highest BCUT2D eigenvalue weighted by molar-refractivity contribution is 7.89. The zero-order chi connectivity index (χ0) is 15.5. The van der Waals surface area contributed by atoms with E-state index in [1.807, 2.05) is 0 Å². The van der Waals surface area contributed by atoms with Crippen molar-refractivity contribution in [2.24, 2.45) is 0 Å². The van der Waals surface area contributed by atoms with E-state index in [0.29, 0.717) is 18.7 Å². The van der Waals surface area contributed by atoms with E-state index in [-0.39, 0.29) is 17.5 Å². The molecule has 0 amide bonds. The van der Waals surface area contributed by atoms with Crippen molar-refractivity contribution in [3.05, 3.63) is 29.6 Å². The minimum Gasteiger partial charge on any atom is -0.377 e. The molecule has 1 aromatic rings. The van der Waals surface area contributed by atoms with Crippen LogP contribution in [0.3, 0.4) is 0 Å². The van der Waals surface area contributed by atoms with Crippen LogP contribution in [0.4, 0.5) is 4.39 Å². The zero-order valence-electron chi connectivity index (χ0n) is 12.3. The summed E-state index contributed by atoms with van der Waals surface area (Å²) < 4.78 is 45.5. The number of sulfonamides is 1. The lowest BCUT2D eigenvalue weighted by atomic mass is 10.2. The summed E-state index contributed by atoms with van der Waals surface area (Å²) in [5.74, 6) is -0.720. The molecule has 1 aliphatic rings. The van der Waals surface area contributed by atoms with Crippen LogP contribution >= 0.6 is 0 Å². The van der Waals surface area contributed by atoms with Crippen molar-refractivity contribution in [3.8, 4) is 0 Å². The monoisotopic (exact) mass is 316 g/mol. The molecule has 0 aliphatic carbocycles. The molecule has 1 aliphatic heterocycles. The maximum absolute atomic E-state index is 14.1. The van der Waals surface area contributed by atoms with Gasteiger partial charge in [-0.25, -0.2) is 12.8 Å². The molecule has 1 N–H and O–H groups in total. The van der Waals surface area contributed by atoms with Gasteiger partial charge in [-0.05, 0) is 37.6 Å².